The lowest BCUT2D eigenvalue weighted by Crippen LogP contribution is -2.12. The molecule has 0 aliphatic carbocycles. The molecule has 92 valence electrons. The summed E-state index contributed by atoms with van der Waals surface area (Å²) < 4.78 is 6.53. The summed E-state index contributed by atoms with van der Waals surface area (Å²) in [7, 11) is 0. The number of rotatable bonds is 3. The number of halogens is 1. The number of benzene rings is 1. The van der Waals surface area contributed by atoms with Crippen LogP contribution in [0.3, 0.4) is 0 Å². The molecule has 0 saturated heterocycles. The van der Waals surface area contributed by atoms with Gasteiger partial charge in [-0.3, -0.25) is 10.4 Å². The molecule has 0 fully saturated rings. The average molecular weight is 306 g/mol. The van der Waals surface area contributed by atoms with E-state index in [1.165, 1.54) is 0 Å². The van der Waals surface area contributed by atoms with Crippen molar-refractivity contribution in [2.24, 2.45) is 5.73 Å². The van der Waals surface area contributed by atoms with Crippen LogP contribution in [0.25, 0.3) is 0 Å². The maximum Gasteiger partial charge on any atom is 0.146 e. The van der Waals surface area contributed by atoms with E-state index in [1.807, 2.05) is 19.1 Å². The van der Waals surface area contributed by atoms with Crippen molar-refractivity contribution in [1.29, 1.82) is 5.41 Å². The number of pyridine rings is 1. The van der Waals surface area contributed by atoms with Crippen molar-refractivity contribution in [3.63, 3.8) is 0 Å². The van der Waals surface area contributed by atoms with Gasteiger partial charge in [0.2, 0.25) is 0 Å². The van der Waals surface area contributed by atoms with Crippen LogP contribution in [-0.4, -0.2) is 10.8 Å². The molecule has 1 aromatic carbocycles. The molecule has 0 spiro atoms. The molecule has 1 heterocycles. The zero-order valence-electron chi connectivity index (χ0n) is 9.77. The Morgan fingerprint density at radius 2 is 2.06 bits per heavy atom. The highest BCUT2D eigenvalue weighted by Crippen LogP contribution is 2.25. The molecule has 3 N–H and O–H groups in total. The smallest absolute Gasteiger partial charge is 0.146 e. The van der Waals surface area contributed by atoms with Crippen LogP contribution >= 0.6 is 15.9 Å². The molecule has 2 rings (SSSR count). The van der Waals surface area contributed by atoms with Crippen molar-refractivity contribution in [2.75, 3.05) is 0 Å². The number of aryl methyl sites for hydroxylation is 1. The van der Waals surface area contributed by atoms with Gasteiger partial charge in [0.15, 0.2) is 0 Å². The van der Waals surface area contributed by atoms with Crippen LogP contribution in [0, 0.1) is 12.3 Å². The van der Waals surface area contributed by atoms with Crippen molar-refractivity contribution in [2.45, 2.75) is 6.92 Å². The molecule has 2 aromatic rings. The highest BCUT2D eigenvalue weighted by Gasteiger charge is 2.04. The molecule has 5 heteroatoms. The van der Waals surface area contributed by atoms with Crippen molar-refractivity contribution in [3.05, 3.63) is 52.3 Å². The van der Waals surface area contributed by atoms with E-state index in [2.05, 4.69) is 20.9 Å². The summed E-state index contributed by atoms with van der Waals surface area (Å²) in [5, 5.41) is 7.42. The van der Waals surface area contributed by atoms with E-state index in [4.69, 9.17) is 15.9 Å². The number of nitrogens with zero attached hydrogens (tertiary/aromatic N) is 1. The topological polar surface area (TPSA) is 72.0 Å². The Hall–Kier alpha value is -1.88. The number of hydrogen-bond acceptors (Lipinski definition) is 3. The number of ether oxygens (including phenoxy) is 1. The second-order valence-electron chi connectivity index (χ2n) is 3.83. The highest BCUT2D eigenvalue weighted by atomic mass is 79.9. The van der Waals surface area contributed by atoms with Crippen LogP contribution in [0.4, 0.5) is 0 Å². The van der Waals surface area contributed by atoms with Gasteiger partial charge in [0.05, 0.1) is 6.20 Å². The first-order chi connectivity index (χ1) is 8.56. The van der Waals surface area contributed by atoms with Crippen molar-refractivity contribution in [1.82, 2.24) is 4.98 Å². The van der Waals surface area contributed by atoms with E-state index in [1.54, 1.807) is 24.5 Å². The molecule has 18 heavy (non-hydrogen) atoms. The quantitative estimate of drug-likeness (QED) is 0.675. The molecule has 0 saturated carbocycles. The average Bonchev–Trinajstić information content (AvgIpc) is 2.28. The van der Waals surface area contributed by atoms with Gasteiger partial charge in [-0.25, -0.2) is 0 Å². The van der Waals surface area contributed by atoms with Gasteiger partial charge < -0.3 is 10.5 Å². The fourth-order valence-electron chi connectivity index (χ4n) is 1.59. The van der Waals surface area contributed by atoms with Crippen LogP contribution in [0.1, 0.15) is 11.1 Å². The fourth-order valence-corrected chi connectivity index (χ4v) is 1.93. The van der Waals surface area contributed by atoms with Gasteiger partial charge in [-0.15, -0.1) is 0 Å². The number of nitrogens with two attached hydrogens (primary N) is 1. The number of hydrogen-bond donors (Lipinski definition) is 2. The maximum absolute atomic E-state index is 7.42. The van der Waals surface area contributed by atoms with Crippen LogP contribution < -0.4 is 10.5 Å². The SMILES string of the molecule is Cc1cc(Oc2cncc(Br)c2)ccc1C(=N)N. The number of aromatic nitrogens is 1. The third-order valence-electron chi connectivity index (χ3n) is 2.40. The van der Waals surface area contributed by atoms with Gasteiger partial charge in [0, 0.05) is 16.2 Å². The summed E-state index contributed by atoms with van der Waals surface area (Å²) in [5.74, 6) is 1.40. The minimum atomic E-state index is 0.0585. The van der Waals surface area contributed by atoms with Crippen LogP contribution in [-0.2, 0) is 0 Å². The van der Waals surface area contributed by atoms with Gasteiger partial charge in [0.25, 0.3) is 0 Å². The first-order valence-electron chi connectivity index (χ1n) is 5.30. The summed E-state index contributed by atoms with van der Waals surface area (Å²) in [6, 6.07) is 7.24. The first-order valence-corrected chi connectivity index (χ1v) is 6.09. The Labute approximate surface area is 113 Å². The molecule has 1 aromatic heterocycles. The lowest BCUT2D eigenvalue weighted by molar-refractivity contribution is 0.479. The monoisotopic (exact) mass is 305 g/mol. The van der Waals surface area contributed by atoms with E-state index in [-0.39, 0.29) is 5.84 Å². The molecule has 0 radical (unpaired) electrons. The Bertz CT molecular complexity index is 599. The van der Waals surface area contributed by atoms with Crippen LogP contribution in [0.15, 0.2) is 41.1 Å². The normalized spacial score (nSPS) is 10.1. The Morgan fingerprint density at radius 1 is 1.28 bits per heavy atom. The molecular formula is C13H12BrN3O. The van der Waals surface area contributed by atoms with E-state index in [0.717, 1.165) is 15.6 Å². The summed E-state index contributed by atoms with van der Waals surface area (Å²) in [4.78, 5) is 4.02. The minimum absolute atomic E-state index is 0.0585. The third-order valence-corrected chi connectivity index (χ3v) is 2.84. The summed E-state index contributed by atoms with van der Waals surface area (Å²) in [6.07, 6.45) is 3.33. The van der Waals surface area contributed by atoms with E-state index < -0.39 is 0 Å². The minimum Gasteiger partial charge on any atom is -0.456 e. The van der Waals surface area contributed by atoms with E-state index in [9.17, 15) is 0 Å². The number of nitrogens with one attached hydrogen (secondary N) is 1. The van der Waals surface area contributed by atoms with Crippen LogP contribution in [0.5, 0.6) is 11.5 Å². The van der Waals surface area contributed by atoms with E-state index in [0.29, 0.717) is 11.5 Å². The Morgan fingerprint density at radius 3 is 2.67 bits per heavy atom. The molecule has 0 aliphatic heterocycles. The van der Waals surface area contributed by atoms with Crippen molar-refractivity contribution >= 4 is 21.8 Å². The zero-order chi connectivity index (χ0) is 13.1. The maximum atomic E-state index is 7.42. The largest absolute Gasteiger partial charge is 0.456 e. The lowest BCUT2D eigenvalue weighted by atomic mass is 10.1. The van der Waals surface area contributed by atoms with Gasteiger partial charge in [-0.05, 0) is 52.7 Å². The Balaban J connectivity index is 2.25. The molecule has 0 amide bonds. The van der Waals surface area contributed by atoms with Crippen molar-refractivity contribution in [3.8, 4) is 11.5 Å². The summed E-state index contributed by atoms with van der Waals surface area (Å²) >= 11 is 3.33. The molecule has 0 bridgehead atoms. The third kappa shape index (κ3) is 2.87. The van der Waals surface area contributed by atoms with Crippen LogP contribution in [0.2, 0.25) is 0 Å². The zero-order valence-corrected chi connectivity index (χ0v) is 11.4. The van der Waals surface area contributed by atoms with E-state index >= 15 is 0 Å². The second-order valence-corrected chi connectivity index (χ2v) is 4.75. The second kappa shape index (κ2) is 5.18. The fraction of sp³-hybridized carbons (Fsp3) is 0.0769. The number of nitrogen functional groups attached to an aromatic ring is 1. The molecular weight excluding hydrogens is 294 g/mol. The summed E-state index contributed by atoms with van der Waals surface area (Å²) in [6.45, 7) is 1.89. The molecule has 0 atom stereocenters. The highest BCUT2D eigenvalue weighted by molar-refractivity contribution is 9.10. The Kier molecular flexibility index (Phi) is 3.62. The molecule has 0 aliphatic rings. The predicted octanol–water partition coefficient (Wildman–Crippen LogP) is 3.23. The van der Waals surface area contributed by atoms with Crippen molar-refractivity contribution < 1.29 is 4.74 Å². The lowest BCUT2D eigenvalue weighted by Gasteiger charge is -2.09. The number of amidine groups is 1. The summed E-state index contributed by atoms with van der Waals surface area (Å²) in [5.41, 5.74) is 7.09. The van der Waals surface area contributed by atoms with Gasteiger partial charge in [0.1, 0.15) is 17.3 Å². The van der Waals surface area contributed by atoms with Gasteiger partial charge >= 0.3 is 0 Å². The first kappa shape index (κ1) is 12.6. The molecule has 4 nitrogen and oxygen atoms in total. The predicted molar refractivity (Wildman–Crippen MR) is 74.2 cm³/mol. The molecule has 0 unspecified atom stereocenters. The van der Waals surface area contributed by atoms with Gasteiger partial charge in [-0.2, -0.15) is 0 Å². The standard InChI is InChI=1S/C13H12BrN3O/c1-8-4-10(2-3-12(8)13(15)16)18-11-5-9(14)6-17-7-11/h2-7H,1H3,(H3,15,16). The van der Waals surface area contributed by atoms with Gasteiger partial charge in [-0.1, -0.05) is 0 Å².